The quantitative estimate of drug-likeness (QED) is 0.681. The Morgan fingerprint density at radius 3 is 2.37 bits per heavy atom. The highest BCUT2D eigenvalue weighted by atomic mass is 32.2. The summed E-state index contributed by atoms with van der Waals surface area (Å²) in [6.45, 7) is 1.83. The Morgan fingerprint density at radius 2 is 1.78 bits per heavy atom. The van der Waals surface area contributed by atoms with Crippen molar-refractivity contribution < 1.29 is 17.6 Å². The highest BCUT2D eigenvalue weighted by Crippen LogP contribution is 2.26. The largest absolute Gasteiger partial charge is 0.298 e. The molecule has 0 bridgehead atoms. The van der Waals surface area contributed by atoms with Crippen LogP contribution in [0.15, 0.2) is 53.4 Å². The van der Waals surface area contributed by atoms with Gasteiger partial charge in [-0.1, -0.05) is 12.1 Å². The Balaban J connectivity index is 1.72. The highest BCUT2D eigenvalue weighted by molar-refractivity contribution is 7.89. The lowest BCUT2D eigenvalue weighted by molar-refractivity contribution is 0.102. The number of benzene rings is 2. The van der Waals surface area contributed by atoms with Gasteiger partial charge in [0.2, 0.25) is 10.0 Å². The number of amides is 1. The molecule has 3 N–H and O–H groups in total. The first-order chi connectivity index (χ1) is 12.7. The van der Waals surface area contributed by atoms with Gasteiger partial charge in [-0.3, -0.25) is 10.1 Å². The molecule has 0 saturated heterocycles. The first kappa shape index (κ1) is 19.2. The Bertz CT molecular complexity index is 1080. The molecular formula is C18H16FN3O3S2. The first-order valence-corrected chi connectivity index (χ1v) is 10.2. The summed E-state index contributed by atoms with van der Waals surface area (Å²) >= 11 is 1.33. The molecule has 0 radical (unpaired) electrons. The number of halogens is 1. The van der Waals surface area contributed by atoms with Crippen LogP contribution in [0.2, 0.25) is 0 Å². The number of rotatable bonds is 5. The van der Waals surface area contributed by atoms with Crippen LogP contribution < -0.4 is 10.5 Å². The number of hydrogen-bond acceptors (Lipinski definition) is 5. The maximum Gasteiger partial charge on any atom is 0.257 e. The summed E-state index contributed by atoms with van der Waals surface area (Å²) in [5.74, 6) is -0.778. The second kappa shape index (κ2) is 7.55. The summed E-state index contributed by atoms with van der Waals surface area (Å²) in [5.41, 5.74) is 2.00. The van der Waals surface area contributed by atoms with Gasteiger partial charge < -0.3 is 0 Å². The van der Waals surface area contributed by atoms with Gasteiger partial charge in [0.05, 0.1) is 10.6 Å². The van der Waals surface area contributed by atoms with Gasteiger partial charge in [-0.25, -0.2) is 22.9 Å². The van der Waals surface area contributed by atoms with Gasteiger partial charge in [-0.05, 0) is 48.9 Å². The van der Waals surface area contributed by atoms with Crippen molar-refractivity contribution in [3.63, 3.8) is 0 Å². The van der Waals surface area contributed by atoms with E-state index in [0.717, 1.165) is 16.1 Å². The van der Waals surface area contributed by atoms with Crippen LogP contribution in [0.5, 0.6) is 0 Å². The molecule has 0 fully saturated rings. The summed E-state index contributed by atoms with van der Waals surface area (Å²) in [4.78, 5) is 17.5. The van der Waals surface area contributed by atoms with E-state index < -0.39 is 15.8 Å². The monoisotopic (exact) mass is 405 g/mol. The Kier molecular flexibility index (Phi) is 5.36. The SMILES string of the molecule is Cc1nc(NC(=O)c2ccc(F)cc2)sc1Cc1ccc(S(N)(=O)=O)cc1. The maximum absolute atomic E-state index is 12.9. The average molecular weight is 405 g/mol. The minimum absolute atomic E-state index is 0.0551. The van der Waals surface area contributed by atoms with Crippen LogP contribution in [0.3, 0.4) is 0 Å². The van der Waals surface area contributed by atoms with Crippen molar-refractivity contribution in [2.45, 2.75) is 18.2 Å². The number of primary sulfonamides is 1. The van der Waals surface area contributed by atoms with Crippen LogP contribution in [0.1, 0.15) is 26.5 Å². The van der Waals surface area contributed by atoms with Gasteiger partial charge in [0.15, 0.2) is 5.13 Å². The first-order valence-electron chi connectivity index (χ1n) is 7.87. The third-order valence-corrected chi connectivity index (χ3v) is 5.84. The molecule has 1 aromatic heterocycles. The van der Waals surface area contributed by atoms with Gasteiger partial charge in [0.25, 0.3) is 5.91 Å². The van der Waals surface area contributed by atoms with E-state index in [1.165, 1.54) is 47.7 Å². The molecule has 9 heteroatoms. The number of carbonyl (C=O) groups is 1. The number of nitrogens with one attached hydrogen (secondary N) is 1. The molecule has 2 aromatic carbocycles. The minimum atomic E-state index is -3.72. The number of anilines is 1. The van der Waals surface area contributed by atoms with E-state index in [4.69, 9.17) is 5.14 Å². The summed E-state index contributed by atoms with van der Waals surface area (Å²) in [5, 5.41) is 8.24. The molecule has 0 spiro atoms. The van der Waals surface area contributed by atoms with E-state index in [1.54, 1.807) is 12.1 Å². The van der Waals surface area contributed by atoms with Gasteiger partial charge in [-0.15, -0.1) is 11.3 Å². The van der Waals surface area contributed by atoms with E-state index in [1.807, 2.05) is 6.92 Å². The fourth-order valence-corrected chi connectivity index (χ4v) is 3.91. The van der Waals surface area contributed by atoms with Gasteiger partial charge in [0.1, 0.15) is 5.82 Å². The third-order valence-electron chi connectivity index (χ3n) is 3.84. The zero-order valence-electron chi connectivity index (χ0n) is 14.3. The second-order valence-corrected chi connectivity index (χ2v) is 8.50. The van der Waals surface area contributed by atoms with Crippen LogP contribution in [0, 0.1) is 12.7 Å². The molecule has 1 heterocycles. The topological polar surface area (TPSA) is 102 Å². The van der Waals surface area contributed by atoms with Crippen molar-refractivity contribution in [1.82, 2.24) is 4.98 Å². The van der Waals surface area contributed by atoms with Crippen molar-refractivity contribution in [2.75, 3.05) is 5.32 Å². The van der Waals surface area contributed by atoms with Crippen molar-refractivity contribution in [3.8, 4) is 0 Å². The predicted molar refractivity (Wildman–Crippen MR) is 102 cm³/mol. The number of hydrogen-bond donors (Lipinski definition) is 2. The van der Waals surface area contributed by atoms with Crippen LogP contribution in [0.4, 0.5) is 9.52 Å². The lowest BCUT2D eigenvalue weighted by Crippen LogP contribution is -2.11. The van der Waals surface area contributed by atoms with Crippen molar-refractivity contribution in [2.24, 2.45) is 5.14 Å². The molecule has 0 aliphatic carbocycles. The predicted octanol–water partition coefficient (Wildman–Crippen LogP) is 3.08. The number of nitrogens with two attached hydrogens (primary N) is 1. The van der Waals surface area contributed by atoms with Gasteiger partial charge in [-0.2, -0.15) is 0 Å². The van der Waals surface area contributed by atoms with Crippen LogP contribution in [-0.2, 0) is 16.4 Å². The van der Waals surface area contributed by atoms with E-state index in [9.17, 15) is 17.6 Å². The number of thiazole rings is 1. The van der Waals surface area contributed by atoms with E-state index in [-0.39, 0.29) is 10.8 Å². The van der Waals surface area contributed by atoms with Gasteiger partial charge >= 0.3 is 0 Å². The molecule has 140 valence electrons. The number of carbonyl (C=O) groups excluding carboxylic acids is 1. The molecule has 0 saturated carbocycles. The molecule has 6 nitrogen and oxygen atoms in total. The van der Waals surface area contributed by atoms with E-state index in [0.29, 0.717) is 17.1 Å². The fourth-order valence-electron chi connectivity index (χ4n) is 2.40. The lowest BCUT2D eigenvalue weighted by Gasteiger charge is -2.02. The molecule has 3 aromatic rings. The average Bonchev–Trinajstić information content (AvgIpc) is 2.94. The van der Waals surface area contributed by atoms with E-state index >= 15 is 0 Å². The molecule has 0 unspecified atom stereocenters. The smallest absolute Gasteiger partial charge is 0.257 e. The van der Waals surface area contributed by atoms with E-state index in [2.05, 4.69) is 10.3 Å². The van der Waals surface area contributed by atoms with Crippen LogP contribution in [-0.4, -0.2) is 19.3 Å². The zero-order chi connectivity index (χ0) is 19.6. The molecule has 0 aliphatic heterocycles. The number of aryl methyl sites for hydroxylation is 1. The zero-order valence-corrected chi connectivity index (χ0v) is 15.9. The maximum atomic E-state index is 12.9. The molecular weight excluding hydrogens is 389 g/mol. The molecule has 27 heavy (non-hydrogen) atoms. The number of nitrogens with zero attached hydrogens (tertiary/aromatic N) is 1. The van der Waals surface area contributed by atoms with Crippen molar-refractivity contribution >= 4 is 32.4 Å². The summed E-state index contributed by atoms with van der Waals surface area (Å²) in [7, 11) is -3.72. The Morgan fingerprint density at radius 1 is 1.15 bits per heavy atom. The third kappa shape index (κ3) is 4.76. The van der Waals surface area contributed by atoms with Crippen LogP contribution in [0.25, 0.3) is 0 Å². The second-order valence-electron chi connectivity index (χ2n) is 5.85. The lowest BCUT2D eigenvalue weighted by atomic mass is 10.1. The van der Waals surface area contributed by atoms with Crippen molar-refractivity contribution in [3.05, 3.63) is 76.0 Å². The molecule has 3 rings (SSSR count). The molecule has 0 aliphatic rings. The molecule has 1 amide bonds. The normalized spacial score (nSPS) is 11.4. The standard InChI is InChI=1S/C18H16FN3O3S2/c1-11-16(10-12-2-8-15(9-3-12)27(20,24)25)26-18(21-11)22-17(23)13-4-6-14(19)7-5-13/h2-9H,10H2,1H3,(H2,20,24,25)(H,21,22,23). The highest BCUT2D eigenvalue weighted by Gasteiger charge is 2.13. The summed E-state index contributed by atoms with van der Waals surface area (Å²) in [6.07, 6.45) is 0.542. The fraction of sp³-hybridized carbons (Fsp3) is 0.111. The Hall–Kier alpha value is -2.62. The molecule has 0 atom stereocenters. The van der Waals surface area contributed by atoms with Crippen LogP contribution >= 0.6 is 11.3 Å². The number of aromatic nitrogens is 1. The van der Waals surface area contributed by atoms with Crippen molar-refractivity contribution in [1.29, 1.82) is 0 Å². The Labute approximate surface area is 159 Å². The summed E-state index contributed by atoms with van der Waals surface area (Å²) < 4.78 is 35.6. The van der Waals surface area contributed by atoms with Gasteiger partial charge in [0, 0.05) is 16.9 Å². The minimum Gasteiger partial charge on any atom is -0.298 e. The summed E-state index contributed by atoms with van der Waals surface area (Å²) in [6, 6.07) is 11.5. The number of sulfonamides is 1.